The third-order valence-electron chi connectivity index (χ3n) is 18.6. The first-order chi connectivity index (χ1) is 50.6. The maximum atomic E-state index is 13.0. The van der Waals surface area contributed by atoms with Crippen molar-refractivity contribution in [2.75, 3.05) is 47.5 Å². The third-order valence-corrected chi connectivity index (χ3v) is 18.6. The van der Waals surface area contributed by atoms with Crippen molar-refractivity contribution in [1.29, 1.82) is 0 Å². The molecule has 0 aromatic rings. The molecule has 0 radical (unpaired) electrons. The normalized spacial score (nSPS) is 13.4. The molecule has 1 N–H and O–H groups in total. The first kappa shape index (κ1) is 98.2. The molecule has 0 aliphatic carbocycles. The minimum absolute atomic E-state index is 0.183. The number of hydrogen-bond donors (Lipinski definition) is 1. The fraction of sp³-hybridized carbons (Fsp3) is 0.713. The smallest absolute Gasteiger partial charge is 0.361 e. The van der Waals surface area contributed by atoms with Gasteiger partial charge >= 0.3 is 17.9 Å². The molecule has 9 nitrogen and oxygen atoms in total. The van der Waals surface area contributed by atoms with Crippen molar-refractivity contribution in [2.45, 2.75) is 386 Å². The molecule has 2 unspecified atom stereocenters. The number of carbonyl (C=O) groups is 3. The fourth-order valence-corrected chi connectivity index (χ4v) is 12.1. The molecule has 0 amide bonds. The van der Waals surface area contributed by atoms with E-state index in [0.29, 0.717) is 23.9 Å². The number of carboxylic acids is 1. The lowest BCUT2D eigenvalue weighted by atomic mass is 10.0. The number of carboxylic acid groups (broad SMARTS) is 1. The first-order valence-electron chi connectivity index (χ1n) is 43.0. The van der Waals surface area contributed by atoms with Crippen molar-refractivity contribution in [3.05, 3.63) is 146 Å². The van der Waals surface area contributed by atoms with Crippen molar-refractivity contribution >= 4 is 17.9 Å². The third kappa shape index (κ3) is 84.3. The summed E-state index contributed by atoms with van der Waals surface area (Å²) in [6.45, 7) is 4.78. The summed E-state index contributed by atoms with van der Waals surface area (Å²) < 4.78 is 23.1. The second kappa shape index (κ2) is 82.8. The highest BCUT2D eigenvalue weighted by Crippen LogP contribution is 2.19. The van der Waals surface area contributed by atoms with Gasteiger partial charge in [-0.1, -0.05) is 384 Å². The van der Waals surface area contributed by atoms with E-state index >= 15 is 0 Å². The Morgan fingerprint density at radius 2 is 0.553 bits per heavy atom. The molecule has 9 heteroatoms. The van der Waals surface area contributed by atoms with Crippen molar-refractivity contribution in [1.82, 2.24) is 0 Å². The number of nitrogens with zero attached hydrogens (tertiary/aromatic N) is 1. The molecule has 0 saturated carbocycles. The number of ether oxygens (including phenoxy) is 4. The van der Waals surface area contributed by atoms with Crippen molar-refractivity contribution in [3.63, 3.8) is 0 Å². The number of aliphatic carboxylic acids is 1. The van der Waals surface area contributed by atoms with Crippen LogP contribution in [0.25, 0.3) is 0 Å². The van der Waals surface area contributed by atoms with E-state index in [1.54, 1.807) is 0 Å². The Balaban J connectivity index is 4.03. The lowest BCUT2D eigenvalue weighted by Gasteiger charge is -2.25. The molecule has 0 saturated heterocycles. The molecule has 0 spiro atoms. The van der Waals surface area contributed by atoms with E-state index in [2.05, 4.69) is 160 Å². The Morgan fingerprint density at radius 1 is 0.301 bits per heavy atom. The number of allylic oxidation sites excluding steroid dienone is 24. The van der Waals surface area contributed by atoms with Crippen LogP contribution in [0.1, 0.15) is 373 Å². The molecular weight excluding hydrogens is 1270 g/mol. The van der Waals surface area contributed by atoms with Gasteiger partial charge in [0.15, 0.2) is 6.10 Å². The van der Waals surface area contributed by atoms with Crippen LogP contribution in [0.2, 0.25) is 0 Å². The SMILES string of the molecule is CC/C=C\C/C=C\C/C=C\C/C=C\C/C=C\C/C=C\C/C=C\C/C=C\C/C=C\C/C=C\CCCCCCCCCCCCC(=O)OC(COC(=O)CCCCCCCCCCCCCCCCCCCCCCCCCCC/C=C\C/C=C\CCCCCCC)COC(OCC[N+](C)(C)C)C(=O)O. The Hall–Kier alpha value is -4.83. The number of carbonyl (C=O) groups excluding carboxylic acids is 2. The second-order valence-corrected chi connectivity index (χ2v) is 29.8. The minimum atomic E-state index is -1.52. The van der Waals surface area contributed by atoms with Crippen molar-refractivity contribution < 1.29 is 42.9 Å². The summed E-state index contributed by atoms with van der Waals surface area (Å²) in [6, 6.07) is 0. The maximum Gasteiger partial charge on any atom is 0.361 e. The predicted molar refractivity (Wildman–Crippen MR) is 447 cm³/mol. The molecule has 2 atom stereocenters. The molecule has 103 heavy (non-hydrogen) atoms. The Labute approximate surface area is 636 Å². The number of esters is 2. The standard InChI is InChI=1S/C94H161NO8/c1-6-8-10-12-14-16-18-20-22-24-26-28-30-32-34-36-38-40-42-44-45-46-47-49-51-53-55-57-59-61-63-65-67-69-71-73-75-77-79-81-83-85-92(97)103-90(89-102-94(93(98)99)100-87-86-95(3,4)5)88-101-91(96)84-82-80-78-76-74-72-70-68-66-64-62-60-58-56-54-52-50-48-43-41-39-37-35-33-31-29-27-25-23-21-19-17-15-13-11-9-7-2/h8,10,14,16,19-22,25-28,32,34,38,40,44-45,47,49,53,55,59,61,90,94H,6-7,9,11-13,15,17-18,23-24,29-31,33,35-37,39,41-43,46,48,50-52,54,56-58,60,62-89H2,1-5H3/p+1/b10-8-,16-14-,21-19-,22-20-,27-25-,28-26-,34-32-,40-38-,45-44-,49-47-,55-53-,61-59-. The lowest BCUT2D eigenvalue weighted by molar-refractivity contribution is -0.870. The van der Waals surface area contributed by atoms with E-state index in [-0.39, 0.29) is 32.2 Å². The topological polar surface area (TPSA) is 108 Å². The predicted octanol–water partition coefficient (Wildman–Crippen LogP) is 28.2. The molecular formula is C94H162NO8+. The maximum absolute atomic E-state index is 13.0. The summed E-state index contributed by atoms with van der Waals surface area (Å²) in [5.74, 6) is -2.00. The second-order valence-electron chi connectivity index (χ2n) is 29.8. The average Bonchev–Trinajstić information content (AvgIpc) is 1.01. The van der Waals surface area contributed by atoms with Gasteiger partial charge in [0.1, 0.15) is 13.2 Å². The van der Waals surface area contributed by atoms with Gasteiger partial charge in [0.25, 0.3) is 6.29 Å². The molecule has 0 aliphatic heterocycles. The van der Waals surface area contributed by atoms with Crippen LogP contribution in [0, 0.1) is 0 Å². The van der Waals surface area contributed by atoms with Crippen molar-refractivity contribution in [3.8, 4) is 0 Å². The minimum Gasteiger partial charge on any atom is -0.477 e. The number of quaternary nitrogens is 1. The average molecular weight is 1430 g/mol. The van der Waals surface area contributed by atoms with Crippen LogP contribution in [-0.4, -0.2) is 87.4 Å². The van der Waals surface area contributed by atoms with E-state index in [0.717, 1.165) is 116 Å². The summed E-state index contributed by atoms with van der Waals surface area (Å²) >= 11 is 0. The van der Waals surface area contributed by atoms with Crippen LogP contribution in [-0.2, 0) is 33.3 Å². The summed E-state index contributed by atoms with van der Waals surface area (Å²) in [5.41, 5.74) is 0. The molecule has 0 heterocycles. The summed E-state index contributed by atoms with van der Waals surface area (Å²) in [6.07, 6.45) is 119. The van der Waals surface area contributed by atoms with Gasteiger partial charge < -0.3 is 28.5 Å². The Morgan fingerprint density at radius 3 is 0.825 bits per heavy atom. The van der Waals surface area contributed by atoms with Crippen LogP contribution in [0.5, 0.6) is 0 Å². The summed E-state index contributed by atoms with van der Waals surface area (Å²) in [4.78, 5) is 37.8. The van der Waals surface area contributed by atoms with Gasteiger partial charge in [0, 0.05) is 12.8 Å². The van der Waals surface area contributed by atoms with Gasteiger partial charge in [-0.3, -0.25) is 9.59 Å². The quantitative estimate of drug-likeness (QED) is 0.0211. The van der Waals surface area contributed by atoms with Gasteiger partial charge in [0.2, 0.25) is 0 Å². The zero-order valence-electron chi connectivity index (χ0n) is 67.7. The molecule has 0 aliphatic rings. The highest BCUT2D eigenvalue weighted by atomic mass is 16.7. The zero-order valence-corrected chi connectivity index (χ0v) is 67.7. The van der Waals surface area contributed by atoms with E-state index in [1.807, 2.05) is 21.1 Å². The number of rotatable bonds is 79. The van der Waals surface area contributed by atoms with E-state index < -0.39 is 24.3 Å². The highest BCUT2D eigenvalue weighted by molar-refractivity contribution is 5.71. The molecule has 0 fully saturated rings. The Kier molecular flexibility index (Phi) is 78.9. The van der Waals surface area contributed by atoms with E-state index in [4.69, 9.17) is 18.9 Å². The van der Waals surface area contributed by atoms with Gasteiger partial charge in [-0.05, 0) is 122 Å². The van der Waals surface area contributed by atoms with Crippen LogP contribution in [0.4, 0.5) is 0 Å². The van der Waals surface area contributed by atoms with Gasteiger partial charge in [-0.2, -0.15) is 0 Å². The largest absolute Gasteiger partial charge is 0.477 e. The van der Waals surface area contributed by atoms with Crippen molar-refractivity contribution in [2.24, 2.45) is 0 Å². The lowest BCUT2D eigenvalue weighted by Crippen LogP contribution is -2.40. The molecule has 0 aromatic heterocycles. The monoisotopic (exact) mass is 1430 g/mol. The van der Waals surface area contributed by atoms with E-state index in [9.17, 15) is 19.5 Å². The van der Waals surface area contributed by atoms with Gasteiger partial charge in [0.05, 0.1) is 34.4 Å². The number of likely N-dealkylation sites (N-methyl/N-ethyl adjacent to an activating group) is 1. The summed E-state index contributed by atoms with van der Waals surface area (Å²) in [7, 11) is 5.99. The summed E-state index contributed by atoms with van der Waals surface area (Å²) in [5, 5.41) is 9.79. The van der Waals surface area contributed by atoms with Gasteiger partial charge in [-0.25, -0.2) is 4.79 Å². The molecule has 590 valence electrons. The Bertz CT molecular complexity index is 2220. The zero-order chi connectivity index (χ0) is 74.6. The number of hydrogen-bond acceptors (Lipinski definition) is 7. The van der Waals surface area contributed by atoms with Crippen LogP contribution < -0.4 is 0 Å². The van der Waals surface area contributed by atoms with Crippen LogP contribution in [0.15, 0.2) is 146 Å². The van der Waals surface area contributed by atoms with Crippen LogP contribution >= 0.6 is 0 Å². The van der Waals surface area contributed by atoms with E-state index in [1.165, 1.54) is 225 Å². The molecule has 0 rings (SSSR count). The molecule has 0 aromatic carbocycles. The fourth-order valence-electron chi connectivity index (χ4n) is 12.1. The van der Waals surface area contributed by atoms with Gasteiger partial charge in [-0.15, -0.1) is 0 Å². The first-order valence-corrected chi connectivity index (χ1v) is 43.0. The molecule has 0 bridgehead atoms. The number of unbranched alkanes of at least 4 members (excludes halogenated alkanes) is 40. The highest BCUT2D eigenvalue weighted by Gasteiger charge is 2.25. The van der Waals surface area contributed by atoms with Crippen LogP contribution in [0.3, 0.4) is 0 Å².